The lowest BCUT2D eigenvalue weighted by Gasteiger charge is -2.38. The van der Waals surface area contributed by atoms with Crippen molar-refractivity contribution in [3.05, 3.63) is 69.2 Å². The Hall–Kier alpha value is -2.66. The number of fused-ring (bicyclic) bond motifs is 1. The van der Waals surface area contributed by atoms with E-state index in [-0.39, 0.29) is 29.6 Å². The second kappa shape index (κ2) is 7.30. The number of allylic oxidation sites excluding steroid dienone is 1. The molecule has 2 aliphatic heterocycles. The molecule has 0 spiro atoms. The van der Waals surface area contributed by atoms with Gasteiger partial charge in [0.2, 0.25) is 5.91 Å². The van der Waals surface area contributed by atoms with Gasteiger partial charge in [0.05, 0.1) is 29.5 Å². The number of ether oxygens (including phenoxy) is 1. The average Bonchev–Trinajstić information content (AvgIpc) is 3.08. The number of hydrogen-bond donors (Lipinski definition) is 2. The van der Waals surface area contributed by atoms with Crippen LogP contribution >= 0.6 is 23.4 Å². The normalized spacial score (nSPS) is 23.7. The number of hydrogen-bond acceptors (Lipinski definition) is 6. The summed E-state index contributed by atoms with van der Waals surface area (Å²) in [5.74, 6) is -0.284. The highest BCUT2D eigenvalue weighted by atomic mass is 35.5. The van der Waals surface area contributed by atoms with Crippen LogP contribution in [0.15, 0.2) is 53.1 Å². The number of thioether (sulfide) groups is 1. The molecule has 4 rings (SSSR count). The molecule has 6 nitrogen and oxygen atoms in total. The van der Waals surface area contributed by atoms with Gasteiger partial charge in [0.1, 0.15) is 0 Å². The molecule has 2 aromatic carbocycles. The van der Waals surface area contributed by atoms with E-state index in [1.807, 2.05) is 0 Å². The SMILES string of the molecule is COc1cc([C@H]2CC(=O)N3C(=C2C#N)SC[C@]3(O)c2ccc(Cl)cc2)ccc1O. The minimum atomic E-state index is -1.54. The molecule has 148 valence electrons. The Labute approximate surface area is 177 Å². The number of phenolic OH excluding ortho intramolecular Hbond substituents is 1. The van der Waals surface area contributed by atoms with Crippen molar-refractivity contribution in [3.8, 4) is 17.6 Å². The largest absolute Gasteiger partial charge is 0.504 e. The molecule has 0 aromatic heterocycles. The van der Waals surface area contributed by atoms with Crippen LogP contribution in [0.3, 0.4) is 0 Å². The highest BCUT2D eigenvalue weighted by Gasteiger charge is 2.51. The summed E-state index contributed by atoms with van der Waals surface area (Å²) in [4.78, 5) is 14.4. The van der Waals surface area contributed by atoms with Crippen LogP contribution in [0.5, 0.6) is 11.5 Å². The highest BCUT2D eigenvalue weighted by molar-refractivity contribution is 8.03. The van der Waals surface area contributed by atoms with Crippen molar-refractivity contribution in [2.45, 2.75) is 18.1 Å². The van der Waals surface area contributed by atoms with Crippen molar-refractivity contribution in [2.75, 3.05) is 12.9 Å². The van der Waals surface area contributed by atoms with Crippen LogP contribution in [0.4, 0.5) is 0 Å². The number of carbonyl (C=O) groups excluding carboxylic acids is 1. The van der Waals surface area contributed by atoms with E-state index in [1.54, 1.807) is 36.4 Å². The first-order chi connectivity index (χ1) is 13.9. The molecule has 1 saturated heterocycles. The summed E-state index contributed by atoms with van der Waals surface area (Å²) in [6.45, 7) is 0. The van der Waals surface area contributed by atoms with E-state index in [0.29, 0.717) is 26.8 Å². The van der Waals surface area contributed by atoms with Crippen LogP contribution in [-0.4, -0.2) is 33.9 Å². The summed E-state index contributed by atoms with van der Waals surface area (Å²) in [6.07, 6.45) is 0.0246. The first-order valence-electron chi connectivity index (χ1n) is 8.84. The maximum Gasteiger partial charge on any atom is 0.231 e. The maximum absolute atomic E-state index is 13.1. The van der Waals surface area contributed by atoms with E-state index in [1.165, 1.54) is 29.8 Å². The van der Waals surface area contributed by atoms with Gasteiger partial charge < -0.3 is 14.9 Å². The Morgan fingerprint density at radius 1 is 1.31 bits per heavy atom. The molecule has 2 atom stereocenters. The Kier molecular flexibility index (Phi) is 4.95. The van der Waals surface area contributed by atoms with Crippen molar-refractivity contribution in [2.24, 2.45) is 0 Å². The van der Waals surface area contributed by atoms with Crippen LogP contribution in [0.1, 0.15) is 23.5 Å². The molecule has 0 unspecified atom stereocenters. The Morgan fingerprint density at radius 3 is 2.69 bits per heavy atom. The molecular weight excluding hydrogens is 412 g/mol. The minimum absolute atomic E-state index is 0.0153. The highest BCUT2D eigenvalue weighted by Crippen LogP contribution is 2.52. The second-order valence-electron chi connectivity index (χ2n) is 6.86. The number of aliphatic hydroxyl groups is 1. The number of nitrogens with zero attached hydrogens (tertiary/aromatic N) is 2. The molecule has 0 radical (unpaired) electrons. The number of halogens is 1. The molecule has 2 N–H and O–H groups in total. The molecule has 2 heterocycles. The van der Waals surface area contributed by atoms with Gasteiger partial charge >= 0.3 is 0 Å². The smallest absolute Gasteiger partial charge is 0.231 e. The van der Waals surface area contributed by atoms with Crippen molar-refractivity contribution in [1.29, 1.82) is 5.26 Å². The lowest BCUT2D eigenvalue weighted by atomic mass is 9.85. The van der Waals surface area contributed by atoms with Gasteiger partial charge in [0, 0.05) is 22.9 Å². The third kappa shape index (κ3) is 3.14. The fourth-order valence-electron chi connectivity index (χ4n) is 3.75. The number of nitriles is 1. The average molecular weight is 429 g/mol. The van der Waals surface area contributed by atoms with Gasteiger partial charge in [-0.05, 0) is 29.8 Å². The van der Waals surface area contributed by atoms with Crippen LogP contribution in [0.2, 0.25) is 5.02 Å². The molecular formula is C21H17ClN2O4S. The summed E-state index contributed by atoms with van der Waals surface area (Å²) < 4.78 is 5.16. The number of aromatic hydroxyl groups is 1. The van der Waals surface area contributed by atoms with E-state index in [2.05, 4.69) is 6.07 Å². The number of rotatable bonds is 3. The third-order valence-corrected chi connectivity index (χ3v) is 6.70. The van der Waals surface area contributed by atoms with Crippen LogP contribution in [0, 0.1) is 11.3 Å². The Bertz CT molecular complexity index is 1060. The van der Waals surface area contributed by atoms with Crippen molar-refractivity contribution in [1.82, 2.24) is 4.90 Å². The Balaban J connectivity index is 1.80. The Morgan fingerprint density at radius 2 is 2.03 bits per heavy atom. The number of methoxy groups -OCH3 is 1. The molecule has 8 heteroatoms. The summed E-state index contributed by atoms with van der Waals surface area (Å²) >= 11 is 7.23. The zero-order chi connectivity index (χ0) is 20.8. The number of phenols is 1. The fraction of sp³-hybridized carbons (Fsp3) is 0.238. The van der Waals surface area contributed by atoms with E-state index < -0.39 is 11.6 Å². The fourth-order valence-corrected chi connectivity index (χ4v) is 5.24. The molecule has 2 aromatic rings. The monoisotopic (exact) mass is 428 g/mol. The zero-order valence-electron chi connectivity index (χ0n) is 15.4. The lowest BCUT2D eigenvalue weighted by Crippen LogP contribution is -2.48. The first-order valence-corrected chi connectivity index (χ1v) is 10.2. The van der Waals surface area contributed by atoms with Gasteiger partial charge in [0.25, 0.3) is 0 Å². The predicted octanol–water partition coefficient (Wildman–Crippen LogP) is 3.70. The zero-order valence-corrected chi connectivity index (χ0v) is 17.0. The third-order valence-electron chi connectivity index (χ3n) is 5.22. The van der Waals surface area contributed by atoms with Gasteiger partial charge in [0.15, 0.2) is 17.2 Å². The summed E-state index contributed by atoms with van der Waals surface area (Å²) in [5, 5.41) is 32.1. The maximum atomic E-state index is 13.1. The first kappa shape index (κ1) is 19.6. The van der Waals surface area contributed by atoms with E-state index in [0.717, 1.165) is 0 Å². The lowest BCUT2D eigenvalue weighted by molar-refractivity contribution is -0.149. The van der Waals surface area contributed by atoms with Gasteiger partial charge in [-0.2, -0.15) is 5.26 Å². The molecule has 0 aliphatic carbocycles. The van der Waals surface area contributed by atoms with E-state index >= 15 is 0 Å². The summed E-state index contributed by atoms with van der Waals surface area (Å²) in [6, 6.07) is 13.7. The number of benzene rings is 2. The predicted molar refractivity (Wildman–Crippen MR) is 109 cm³/mol. The van der Waals surface area contributed by atoms with Crippen molar-refractivity contribution >= 4 is 29.3 Å². The quantitative estimate of drug-likeness (QED) is 0.774. The molecule has 29 heavy (non-hydrogen) atoms. The van der Waals surface area contributed by atoms with E-state index in [9.17, 15) is 20.3 Å². The number of amides is 1. The molecule has 0 bridgehead atoms. The minimum Gasteiger partial charge on any atom is -0.504 e. The van der Waals surface area contributed by atoms with Gasteiger partial charge in [-0.1, -0.05) is 29.8 Å². The van der Waals surface area contributed by atoms with E-state index in [4.69, 9.17) is 16.3 Å². The van der Waals surface area contributed by atoms with Crippen LogP contribution < -0.4 is 4.74 Å². The van der Waals surface area contributed by atoms with Gasteiger partial charge in [-0.15, -0.1) is 11.8 Å². The molecule has 2 aliphatic rings. The van der Waals surface area contributed by atoms with Crippen molar-refractivity contribution < 1.29 is 19.7 Å². The second-order valence-corrected chi connectivity index (χ2v) is 8.26. The molecule has 0 saturated carbocycles. The standard InChI is InChI=1S/C21H17ClN2O4S/c1-28-18-8-12(2-7-17(18)25)15-9-19(26)24-20(16(15)10-23)29-11-21(24,27)13-3-5-14(22)6-4-13/h2-8,15,25,27H,9,11H2,1H3/t15-,21+/m1/s1. The van der Waals surface area contributed by atoms with Gasteiger partial charge in [-0.3, -0.25) is 9.69 Å². The van der Waals surface area contributed by atoms with Gasteiger partial charge in [-0.25, -0.2) is 0 Å². The van der Waals surface area contributed by atoms with Crippen LogP contribution in [0.25, 0.3) is 0 Å². The van der Waals surface area contributed by atoms with Crippen molar-refractivity contribution in [3.63, 3.8) is 0 Å². The topological polar surface area (TPSA) is 93.8 Å². The molecule has 1 amide bonds. The molecule has 1 fully saturated rings. The van der Waals surface area contributed by atoms with Crippen LogP contribution in [-0.2, 0) is 10.5 Å². The summed E-state index contributed by atoms with van der Waals surface area (Å²) in [5.41, 5.74) is 0.104. The number of carbonyl (C=O) groups is 1. The summed E-state index contributed by atoms with van der Waals surface area (Å²) in [7, 11) is 1.44.